The summed E-state index contributed by atoms with van der Waals surface area (Å²) in [4.78, 5) is 25.6. The Kier molecular flexibility index (Phi) is 8.46. The zero-order chi connectivity index (χ0) is 28.0. The zero-order valence-corrected chi connectivity index (χ0v) is 20.9. The van der Waals surface area contributed by atoms with E-state index in [1.807, 2.05) is 6.07 Å². The molecule has 1 fully saturated rings. The molecular formula is C25H27F3N8O3. The van der Waals surface area contributed by atoms with Crippen LogP contribution in [-0.2, 0) is 17.5 Å². The topological polar surface area (TPSA) is 154 Å². The molecule has 0 radical (unpaired) electrons. The number of anilines is 2. The number of carbonyl (C=O) groups is 1. The van der Waals surface area contributed by atoms with Gasteiger partial charge in [-0.1, -0.05) is 0 Å². The Morgan fingerprint density at radius 3 is 2.69 bits per heavy atom. The van der Waals surface area contributed by atoms with E-state index in [0.29, 0.717) is 48.0 Å². The SMILES string of the molecule is COc1cc(NC(=O)Nc2cc(C(F)(F)F)ccn2)ccc1-c1cc(CN2CCOCC2)[nH]c1C(N)=NC=N. The summed E-state index contributed by atoms with van der Waals surface area (Å²) in [5.74, 6) is 0.257. The van der Waals surface area contributed by atoms with Crippen molar-refractivity contribution in [3.63, 3.8) is 0 Å². The fourth-order valence-corrected chi connectivity index (χ4v) is 4.09. The van der Waals surface area contributed by atoms with Crippen molar-refractivity contribution in [2.45, 2.75) is 12.7 Å². The number of alkyl halides is 3. The number of rotatable bonds is 8. The number of aliphatic imine (C=N–C) groups is 1. The number of amidine groups is 1. The molecule has 206 valence electrons. The van der Waals surface area contributed by atoms with Crippen LogP contribution in [0.15, 0.2) is 47.6 Å². The van der Waals surface area contributed by atoms with Crippen LogP contribution >= 0.6 is 0 Å². The van der Waals surface area contributed by atoms with Crippen molar-refractivity contribution in [2.24, 2.45) is 10.7 Å². The Bertz CT molecular complexity index is 1370. The fourth-order valence-electron chi connectivity index (χ4n) is 4.09. The maximum Gasteiger partial charge on any atom is 0.416 e. The zero-order valence-electron chi connectivity index (χ0n) is 20.9. The number of aromatic nitrogens is 2. The van der Waals surface area contributed by atoms with E-state index < -0.39 is 17.8 Å². The number of hydrogen-bond donors (Lipinski definition) is 5. The summed E-state index contributed by atoms with van der Waals surface area (Å²) in [6, 6.07) is 7.58. The number of amides is 2. The van der Waals surface area contributed by atoms with Crippen LogP contribution in [0.25, 0.3) is 11.1 Å². The molecule has 0 spiro atoms. The van der Waals surface area contributed by atoms with E-state index in [2.05, 4.69) is 30.5 Å². The van der Waals surface area contributed by atoms with Crippen LogP contribution in [0.2, 0.25) is 0 Å². The quantitative estimate of drug-likeness (QED) is 0.214. The van der Waals surface area contributed by atoms with Crippen molar-refractivity contribution < 1.29 is 27.4 Å². The smallest absolute Gasteiger partial charge is 0.416 e. The molecule has 6 N–H and O–H groups in total. The molecule has 14 heteroatoms. The normalized spacial score (nSPS) is 14.6. The van der Waals surface area contributed by atoms with Gasteiger partial charge in [-0.2, -0.15) is 13.2 Å². The van der Waals surface area contributed by atoms with Crippen LogP contribution in [0.1, 0.15) is 17.0 Å². The van der Waals surface area contributed by atoms with Gasteiger partial charge in [0.25, 0.3) is 0 Å². The third kappa shape index (κ3) is 6.91. The number of carbonyl (C=O) groups excluding carboxylic acids is 1. The lowest BCUT2D eigenvalue weighted by Gasteiger charge is -2.25. The Labute approximate surface area is 221 Å². The molecule has 2 amide bonds. The highest BCUT2D eigenvalue weighted by Gasteiger charge is 2.31. The van der Waals surface area contributed by atoms with E-state index >= 15 is 0 Å². The molecule has 4 rings (SSSR count). The summed E-state index contributed by atoms with van der Waals surface area (Å²) in [6.07, 6.45) is -2.75. The van der Waals surface area contributed by atoms with Crippen LogP contribution in [0.3, 0.4) is 0 Å². The van der Waals surface area contributed by atoms with E-state index in [9.17, 15) is 18.0 Å². The first-order chi connectivity index (χ1) is 18.7. The lowest BCUT2D eigenvalue weighted by atomic mass is 10.0. The second-order valence-corrected chi connectivity index (χ2v) is 8.54. The van der Waals surface area contributed by atoms with E-state index in [0.717, 1.165) is 43.5 Å². The lowest BCUT2D eigenvalue weighted by molar-refractivity contribution is -0.137. The van der Waals surface area contributed by atoms with Crippen LogP contribution in [-0.4, -0.2) is 66.5 Å². The predicted octanol–water partition coefficient (Wildman–Crippen LogP) is 3.89. The van der Waals surface area contributed by atoms with Crippen molar-refractivity contribution in [1.82, 2.24) is 14.9 Å². The largest absolute Gasteiger partial charge is 0.496 e. The average molecular weight is 545 g/mol. The molecule has 39 heavy (non-hydrogen) atoms. The number of aromatic amines is 1. The molecule has 2 aromatic heterocycles. The Hall–Kier alpha value is -4.43. The number of benzene rings is 1. The summed E-state index contributed by atoms with van der Waals surface area (Å²) in [7, 11) is 1.46. The Morgan fingerprint density at radius 1 is 1.23 bits per heavy atom. The highest BCUT2D eigenvalue weighted by atomic mass is 19.4. The minimum atomic E-state index is -4.56. The van der Waals surface area contributed by atoms with Crippen LogP contribution in [0, 0.1) is 5.41 Å². The number of pyridine rings is 1. The Balaban J connectivity index is 1.57. The molecule has 0 atom stereocenters. The number of hydrogen-bond acceptors (Lipinski definition) is 6. The van der Waals surface area contributed by atoms with Crippen molar-refractivity contribution in [3.8, 4) is 16.9 Å². The number of H-pyrrole nitrogens is 1. The maximum atomic E-state index is 12.9. The van der Waals surface area contributed by atoms with Gasteiger partial charge in [0.1, 0.15) is 23.7 Å². The molecule has 0 aliphatic carbocycles. The first kappa shape index (κ1) is 27.6. The summed E-state index contributed by atoms with van der Waals surface area (Å²) in [5, 5.41) is 12.2. The molecule has 3 heterocycles. The first-order valence-electron chi connectivity index (χ1n) is 11.8. The molecule has 3 aromatic rings. The minimum absolute atomic E-state index is 0.116. The van der Waals surface area contributed by atoms with E-state index in [1.165, 1.54) is 7.11 Å². The van der Waals surface area contributed by atoms with Crippen molar-refractivity contribution in [2.75, 3.05) is 44.0 Å². The van der Waals surface area contributed by atoms with E-state index in [4.69, 9.17) is 20.6 Å². The molecule has 0 saturated carbocycles. The monoisotopic (exact) mass is 544 g/mol. The average Bonchev–Trinajstić information content (AvgIpc) is 3.32. The molecule has 0 unspecified atom stereocenters. The predicted molar refractivity (Wildman–Crippen MR) is 140 cm³/mol. The first-order valence-corrected chi connectivity index (χ1v) is 11.8. The number of ether oxygens (including phenoxy) is 2. The van der Waals surface area contributed by atoms with Gasteiger partial charge < -0.3 is 25.5 Å². The third-order valence-corrected chi connectivity index (χ3v) is 5.91. The van der Waals surface area contributed by atoms with Gasteiger partial charge in [-0.15, -0.1) is 0 Å². The Morgan fingerprint density at radius 2 is 2.00 bits per heavy atom. The van der Waals surface area contributed by atoms with Crippen LogP contribution in [0.5, 0.6) is 5.75 Å². The lowest BCUT2D eigenvalue weighted by Crippen LogP contribution is -2.35. The molecule has 0 bridgehead atoms. The van der Waals surface area contributed by atoms with Crippen molar-refractivity contribution in [1.29, 1.82) is 5.41 Å². The summed E-state index contributed by atoms with van der Waals surface area (Å²) < 4.78 is 49.8. The highest BCUT2D eigenvalue weighted by molar-refractivity contribution is 6.05. The number of nitrogens with two attached hydrogens (primary N) is 1. The second-order valence-electron chi connectivity index (χ2n) is 8.54. The highest BCUT2D eigenvalue weighted by Crippen LogP contribution is 2.36. The standard InChI is InChI=1S/C25H27F3N8O3/c1-38-20-12-16(34-24(37)35-21-10-15(4-5-31-21)25(26,27)28)2-3-18(20)19-11-17(13-36-6-8-39-9-7-36)33-22(19)23(30)32-14-29/h2-5,10-12,14,33H,6-9,13H2,1H3,(H3,29,30,32)(H2,31,34,35,37). The molecule has 1 saturated heterocycles. The number of methoxy groups -OCH3 is 1. The summed E-state index contributed by atoms with van der Waals surface area (Å²) in [5.41, 5.74) is 8.25. The van der Waals surface area contributed by atoms with Gasteiger partial charge in [-0.05, 0) is 30.3 Å². The van der Waals surface area contributed by atoms with Crippen LogP contribution < -0.4 is 21.1 Å². The van der Waals surface area contributed by atoms with Gasteiger partial charge >= 0.3 is 12.2 Å². The van der Waals surface area contributed by atoms with Gasteiger partial charge in [0, 0.05) is 54.4 Å². The molecular weight excluding hydrogens is 517 g/mol. The van der Waals surface area contributed by atoms with Crippen molar-refractivity contribution >= 4 is 29.7 Å². The van der Waals surface area contributed by atoms with Gasteiger partial charge in [0.2, 0.25) is 0 Å². The van der Waals surface area contributed by atoms with Gasteiger partial charge in [-0.25, -0.2) is 14.8 Å². The number of nitrogens with one attached hydrogen (secondary N) is 4. The number of morpholine rings is 1. The maximum absolute atomic E-state index is 12.9. The minimum Gasteiger partial charge on any atom is -0.496 e. The molecule has 1 aliphatic heterocycles. The fraction of sp³-hybridized carbons (Fsp3) is 0.280. The van der Waals surface area contributed by atoms with Gasteiger partial charge in [-0.3, -0.25) is 15.6 Å². The van der Waals surface area contributed by atoms with E-state index in [-0.39, 0.29) is 11.7 Å². The van der Waals surface area contributed by atoms with Crippen LogP contribution in [0.4, 0.5) is 29.5 Å². The second kappa shape index (κ2) is 12.0. The third-order valence-electron chi connectivity index (χ3n) is 5.91. The molecule has 1 aromatic carbocycles. The van der Waals surface area contributed by atoms with Gasteiger partial charge in [0.15, 0.2) is 0 Å². The summed E-state index contributed by atoms with van der Waals surface area (Å²) >= 11 is 0. The number of halogens is 3. The molecule has 11 nitrogen and oxygen atoms in total. The number of nitrogens with zero attached hydrogens (tertiary/aromatic N) is 3. The van der Waals surface area contributed by atoms with E-state index in [1.54, 1.807) is 18.2 Å². The number of urea groups is 1. The summed E-state index contributed by atoms with van der Waals surface area (Å²) in [6.45, 7) is 3.50. The van der Waals surface area contributed by atoms with Crippen molar-refractivity contribution in [3.05, 3.63) is 59.5 Å². The van der Waals surface area contributed by atoms with Gasteiger partial charge in [0.05, 0.1) is 31.6 Å². The molecule has 1 aliphatic rings.